The fourth-order valence-corrected chi connectivity index (χ4v) is 4.11. The molecule has 3 rings (SSSR count). The van der Waals surface area contributed by atoms with Gasteiger partial charge >= 0.3 is 6.03 Å². The van der Waals surface area contributed by atoms with E-state index in [1.165, 1.54) is 15.6 Å². The van der Waals surface area contributed by atoms with Gasteiger partial charge in [-0.1, -0.05) is 30.3 Å². The van der Waals surface area contributed by atoms with E-state index in [1.807, 2.05) is 26.2 Å². The lowest BCUT2D eigenvalue weighted by Gasteiger charge is -2.24. The molecule has 0 unspecified atom stereocenters. The first kappa shape index (κ1) is 20.2. The maximum atomic E-state index is 12.2. The van der Waals surface area contributed by atoms with Crippen molar-refractivity contribution in [2.45, 2.75) is 18.9 Å². The number of carbonyl (C=O) groups excluding carboxylic acids is 1. The van der Waals surface area contributed by atoms with Gasteiger partial charge in [-0.15, -0.1) is 11.3 Å². The first-order valence-electron chi connectivity index (χ1n) is 9.44. The van der Waals surface area contributed by atoms with E-state index in [1.54, 1.807) is 23.5 Å². The van der Waals surface area contributed by atoms with E-state index in [4.69, 9.17) is 0 Å². The molecular weight excluding hydrogens is 370 g/mol. The number of carbonyl (C=O) groups is 1. The number of nitrogens with zero attached hydrogens (tertiary/aromatic N) is 1. The maximum Gasteiger partial charge on any atom is 0.314 e. The number of aromatic hydroxyl groups is 1. The molecule has 2 aromatic carbocycles. The second kappa shape index (κ2) is 9.57. The van der Waals surface area contributed by atoms with Crippen molar-refractivity contribution in [3.05, 3.63) is 65.0 Å². The Morgan fingerprint density at radius 3 is 2.61 bits per heavy atom. The van der Waals surface area contributed by atoms with Crippen LogP contribution in [0.4, 0.5) is 4.79 Å². The van der Waals surface area contributed by atoms with Gasteiger partial charge in [0, 0.05) is 23.8 Å². The molecule has 0 spiro atoms. The van der Waals surface area contributed by atoms with E-state index in [2.05, 4.69) is 45.2 Å². The first-order valence-corrected chi connectivity index (χ1v) is 10.3. The minimum Gasteiger partial charge on any atom is -0.508 e. The molecule has 0 aliphatic carbocycles. The Morgan fingerprint density at radius 2 is 1.86 bits per heavy atom. The van der Waals surface area contributed by atoms with Crippen molar-refractivity contribution >= 4 is 27.5 Å². The van der Waals surface area contributed by atoms with Crippen molar-refractivity contribution in [1.29, 1.82) is 0 Å². The number of hydrogen-bond acceptors (Lipinski definition) is 4. The van der Waals surface area contributed by atoms with Crippen molar-refractivity contribution in [2.75, 3.05) is 27.2 Å². The summed E-state index contributed by atoms with van der Waals surface area (Å²) < 4.78 is 1.30. The van der Waals surface area contributed by atoms with Gasteiger partial charge in [0.25, 0.3) is 0 Å². The number of hydrogen-bond donors (Lipinski definition) is 3. The largest absolute Gasteiger partial charge is 0.508 e. The van der Waals surface area contributed by atoms with E-state index >= 15 is 0 Å². The average molecular weight is 398 g/mol. The average Bonchev–Trinajstić information content (AvgIpc) is 3.09. The molecule has 3 aromatic rings. The van der Waals surface area contributed by atoms with Crippen LogP contribution in [-0.4, -0.2) is 49.3 Å². The lowest BCUT2D eigenvalue weighted by Crippen LogP contribution is -2.45. The molecule has 1 heterocycles. The lowest BCUT2D eigenvalue weighted by atomic mass is 10.0. The number of amides is 2. The highest BCUT2D eigenvalue weighted by atomic mass is 32.1. The van der Waals surface area contributed by atoms with Gasteiger partial charge in [0.2, 0.25) is 0 Å². The van der Waals surface area contributed by atoms with Gasteiger partial charge in [0.1, 0.15) is 5.75 Å². The summed E-state index contributed by atoms with van der Waals surface area (Å²) in [5.74, 6) is 0.252. The standard InChI is InChI=1S/C22H27N3O2S/c1-25(2)18(13-17-15-28-21-6-4-3-5-20(17)21)14-24-22(27)23-12-11-16-7-9-19(26)10-8-16/h3-10,15,18,26H,11-14H2,1-2H3,(H2,23,24,27)/t18-/m0/s1. The monoisotopic (exact) mass is 397 g/mol. The van der Waals surface area contributed by atoms with Crippen LogP contribution in [0.25, 0.3) is 10.1 Å². The fraction of sp³-hybridized carbons (Fsp3) is 0.318. The Kier molecular flexibility index (Phi) is 6.90. The summed E-state index contributed by atoms with van der Waals surface area (Å²) in [4.78, 5) is 14.3. The maximum absolute atomic E-state index is 12.2. The number of rotatable bonds is 8. The topological polar surface area (TPSA) is 64.6 Å². The minimum atomic E-state index is -0.152. The van der Waals surface area contributed by atoms with Crippen LogP contribution in [0, 0.1) is 0 Å². The van der Waals surface area contributed by atoms with Crippen molar-refractivity contribution in [3.63, 3.8) is 0 Å². The summed E-state index contributed by atoms with van der Waals surface area (Å²) in [7, 11) is 4.09. The van der Waals surface area contributed by atoms with E-state index in [-0.39, 0.29) is 17.8 Å². The third-order valence-corrected chi connectivity index (χ3v) is 5.89. The summed E-state index contributed by atoms with van der Waals surface area (Å²) in [6.45, 7) is 1.14. The smallest absolute Gasteiger partial charge is 0.314 e. The van der Waals surface area contributed by atoms with Crippen molar-refractivity contribution in [3.8, 4) is 5.75 Å². The number of fused-ring (bicyclic) bond motifs is 1. The lowest BCUT2D eigenvalue weighted by molar-refractivity contribution is 0.232. The molecule has 0 radical (unpaired) electrons. The van der Waals surface area contributed by atoms with E-state index in [0.29, 0.717) is 13.1 Å². The van der Waals surface area contributed by atoms with E-state index < -0.39 is 0 Å². The Labute approximate surface area is 170 Å². The quantitative estimate of drug-likeness (QED) is 0.544. The predicted molar refractivity (Wildman–Crippen MR) is 116 cm³/mol. The van der Waals surface area contributed by atoms with Crippen molar-refractivity contribution < 1.29 is 9.90 Å². The zero-order chi connectivity index (χ0) is 19.9. The van der Waals surface area contributed by atoms with Crippen LogP contribution in [-0.2, 0) is 12.8 Å². The van der Waals surface area contributed by atoms with Gasteiger partial charge in [0.15, 0.2) is 0 Å². The number of phenolic OH excluding ortho intramolecular Hbond substituents is 1. The fourth-order valence-electron chi connectivity index (χ4n) is 3.14. The van der Waals surface area contributed by atoms with Crippen LogP contribution < -0.4 is 10.6 Å². The van der Waals surface area contributed by atoms with Gasteiger partial charge in [-0.3, -0.25) is 0 Å². The molecule has 0 fully saturated rings. The van der Waals surface area contributed by atoms with Crippen LogP contribution in [0.1, 0.15) is 11.1 Å². The molecule has 148 valence electrons. The Morgan fingerprint density at radius 1 is 1.11 bits per heavy atom. The first-order chi connectivity index (χ1) is 13.5. The molecule has 6 heteroatoms. The summed E-state index contributed by atoms with van der Waals surface area (Å²) in [5, 5.41) is 18.7. The van der Waals surface area contributed by atoms with Crippen LogP contribution in [0.15, 0.2) is 53.9 Å². The van der Waals surface area contributed by atoms with E-state index in [0.717, 1.165) is 18.4 Å². The van der Waals surface area contributed by atoms with Crippen molar-refractivity contribution in [1.82, 2.24) is 15.5 Å². The highest BCUT2D eigenvalue weighted by molar-refractivity contribution is 7.17. The SMILES string of the molecule is CN(C)[C@H](CNC(=O)NCCc1ccc(O)cc1)Cc1csc2ccccc12. The molecular formula is C22H27N3O2S. The van der Waals surface area contributed by atoms with Gasteiger partial charge in [-0.05, 0) is 67.0 Å². The zero-order valence-corrected chi connectivity index (χ0v) is 17.1. The molecule has 2 amide bonds. The van der Waals surface area contributed by atoms with Gasteiger partial charge in [-0.25, -0.2) is 4.79 Å². The molecule has 5 nitrogen and oxygen atoms in total. The molecule has 0 aliphatic rings. The van der Waals surface area contributed by atoms with Crippen LogP contribution in [0.3, 0.4) is 0 Å². The molecule has 0 aliphatic heterocycles. The second-order valence-corrected chi connectivity index (χ2v) is 8.04. The molecule has 3 N–H and O–H groups in total. The number of urea groups is 1. The summed E-state index contributed by atoms with van der Waals surface area (Å²) in [5.41, 5.74) is 2.41. The molecule has 0 saturated heterocycles. The third-order valence-electron chi connectivity index (χ3n) is 4.88. The van der Waals surface area contributed by atoms with Crippen LogP contribution in [0.5, 0.6) is 5.75 Å². The molecule has 0 bridgehead atoms. The minimum absolute atomic E-state index is 0.152. The zero-order valence-electron chi connectivity index (χ0n) is 16.3. The van der Waals surface area contributed by atoms with Crippen LogP contribution in [0.2, 0.25) is 0 Å². The molecule has 0 saturated carbocycles. The molecule has 28 heavy (non-hydrogen) atoms. The number of benzene rings is 2. The number of phenols is 1. The normalized spacial score (nSPS) is 12.2. The van der Waals surface area contributed by atoms with Gasteiger partial charge in [0.05, 0.1) is 0 Å². The van der Waals surface area contributed by atoms with Crippen LogP contribution >= 0.6 is 11.3 Å². The number of thiophene rings is 1. The Balaban J connectivity index is 1.47. The Hall–Kier alpha value is -2.57. The Bertz CT molecular complexity index is 906. The highest BCUT2D eigenvalue weighted by Gasteiger charge is 2.16. The summed E-state index contributed by atoms with van der Waals surface area (Å²) in [6.07, 6.45) is 1.62. The summed E-state index contributed by atoms with van der Waals surface area (Å²) >= 11 is 1.77. The molecule has 1 atom stereocenters. The third kappa shape index (κ3) is 5.47. The number of likely N-dealkylation sites (N-methyl/N-ethyl adjacent to an activating group) is 1. The van der Waals surface area contributed by atoms with Gasteiger partial charge < -0.3 is 20.6 Å². The van der Waals surface area contributed by atoms with E-state index in [9.17, 15) is 9.90 Å². The molecule has 1 aromatic heterocycles. The predicted octanol–water partition coefficient (Wildman–Crippen LogP) is 3.62. The van der Waals surface area contributed by atoms with Gasteiger partial charge in [-0.2, -0.15) is 0 Å². The highest BCUT2D eigenvalue weighted by Crippen LogP contribution is 2.27. The summed E-state index contributed by atoms with van der Waals surface area (Å²) in [6, 6.07) is 15.6. The van der Waals surface area contributed by atoms with Crippen molar-refractivity contribution in [2.24, 2.45) is 0 Å². The second-order valence-electron chi connectivity index (χ2n) is 7.13. The number of nitrogens with one attached hydrogen (secondary N) is 2.